The lowest BCUT2D eigenvalue weighted by atomic mass is 10.2. The third-order valence-electron chi connectivity index (χ3n) is 1.93. The van der Waals surface area contributed by atoms with Crippen LogP contribution in [0.25, 0.3) is 0 Å². The third kappa shape index (κ3) is 4.68. The molecule has 1 amide bonds. The van der Waals surface area contributed by atoms with Gasteiger partial charge in [0.05, 0.1) is 18.2 Å². The highest BCUT2D eigenvalue weighted by Gasteiger charge is 2.09. The van der Waals surface area contributed by atoms with Crippen LogP contribution in [0.2, 0.25) is 0 Å². The van der Waals surface area contributed by atoms with E-state index >= 15 is 0 Å². The highest BCUT2D eigenvalue weighted by Crippen LogP contribution is 2.24. The van der Waals surface area contributed by atoms with Crippen molar-refractivity contribution in [2.24, 2.45) is 0 Å². The van der Waals surface area contributed by atoms with Crippen LogP contribution in [0.15, 0.2) is 24.3 Å². The minimum atomic E-state index is -0.322. The number of para-hydroxylation sites is 2. The van der Waals surface area contributed by atoms with Gasteiger partial charge < -0.3 is 10.1 Å². The molecule has 0 aliphatic heterocycles. The number of nitrogens with one attached hydrogen (secondary N) is 1. The van der Waals surface area contributed by atoms with Crippen molar-refractivity contribution in [3.63, 3.8) is 0 Å². The summed E-state index contributed by atoms with van der Waals surface area (Å²) in [7, 11) is 0. The lowest BCUT2D eigenvalue weighted by molar-refractivity contribution is -0.124. The van der Waals surface area contributed by atoms with Crippen molar-refractivity contribution in [1.29, 1.82) is 0 Å². The molecule has 0 heterocycles. The minimum absolute atomic E-state index is 0.0286. The summed E-state index contributed by atoms with van der Waals surface area (Å²) >= 11 is 0. The summed E-state index contributed by atoms with van der Waals surface area (Å²) in [6.45, 7) is 5.21. The standard InChI is InChI=1S/C13H17NO3/c1-9(2)17-12-7-5-4-6-11(12)14-13(16)8-10(3)15/h4-7,9H,8H2,1-3H3,(H,14,16). The van der Waals surface area contributed by atoms with Gasteiger partial charge in [-0.3, -0.25) is 9.59 Å². The quantitative estimate of drug-likeness (QED) is 0.797. The Morgan fingerprint density at radius 1 is 1.29 bits per heavy atom. The third-order valence-corrected chi connectivity index (χ3v) is 1.93. The molecular weight excluding hydrogens is 218 g/mol. The van der Waals surface area contributed by atoms with E-state index in [-0.39, 0.29) is 24.2 Å². The number of anilines is 1. The maximum Gasteiger partial charge on any atom is 0.231 e. The summed E-state index contributed by atoms with van der Waals surface area (Å²) in [6.07, 6.45) is -0.0865. The zero-order valence-electron chi connectivity index (χ0n) is 10.3. The van der Waals surface area contributed by atoms with Crippen LogP contribution in [0.4, 0.5) is 5.69 Å². The molecule has 0 spiro atoms. The van der Waals surface area contributed by atoms with Crippen LogP contribution in [0, 0.1) is 0 Å². The maximum atomic E-state index is 11.5. The van der Waals surface area contributed by atoms with Crippen LogP contribution < -0.4 is 10.1 Å². The van der Waals surface area contributed by atoms with E-state index in [1.54, 1.807) is 18.2 Å². The van der Waals surface area contributed by atoms with Gasteiger partial charge in [0.15, 0.2) is 0 Å². The van der Waals surface area contributed by atoms with Crippen molar-refractivity contribution in [3.05, 3.63) is 24.3 Å². The van der Waals surface area contributed by atoms with Crippen molar-refractivity contribution < 1.29 is 14.3 Å². The first-order valence-electron chi connectivity index (χ1n) is 5.54. The Kier molecular flexibility index (Phi) is 4.69. The van der Waals surface area contributed by atoms with Gasteiger partial charge in [-0.25, -0.2) is 0 Å². The van der Waals surface area contributed by atoms with Crippen LogP contribution in [0.3, 0.4) is 0 Å². The fraction of sp³-hybridized carbons (Fsp3) is 0.385. The molecule has 0 unspecified atom stereocenters. The number of Topliss-reactive ketones (excluding diaryl/α,β-unsaturated/α-hetero) is 1. The summed E-state index contributed by atoms with van der Waals surface area (Å²) in [4.78, 5) is 22.3. The molecule has 0 radical (unpaired) electrons. The Hall–Kier alpha value is -1.84. The van der Waals surface area contributed by atoms with Crippen LogP contribution in [-0.2, 0) is 9.59 Å². The number of ether oxygens (including phenoxy) is 1. The molecule has 1 rings (SSSR count). The molecule has 0 aromatic heterocycles. The Bertz CT molecular complexity index is 413. The average Bonchev–Trinajstić information content (AvgIpc) is 2.18. The van der Waals surface area contributed by atoms with E-state index < -0.39 is 0 Å². The van der Waals surface area contributed by atoms with Gasteiger partial charge in [-0.15, -0.1) is 0 Å². The van der Waals surface area contributed by atoms with Crippen molar-refractivity contribution >= 4 is 17.4 Å². The van der Waals surface area contributed by atoms with E-state index in [1.165, 1.54) is 6.92 Å². The first-order chi connectivity index (χ1) is 7.99. The molecule has 0 aliphatic rings. The summed E-state index contributed by atoms with van der Waals surface area (Å²) in [5.74, 6) is 0.126. The number of hydrogen-bond donors (Lipinski definition) is 1. The maximum absolute atomic E-state index is 11.5. The second kappa shape index (κ2) is 6.03. The number of ketones is 1. The first-order valence-corrected chi connectivity index (χ1v) is 5.54. The summed E-state index contributed by atoms with van der Waals surface area (Å²) in [5.41, 5.74) is 0.590. The summed E-state index contributed by atoms with van der Waals surface area (Å²) < 4.78 is 5.55. The molecule has 0 saturated heterocycles. The predicted octanol–water partition coefficient (Wildman–Crippen LogP) is 2.39. The van der Waals surface area contributed by atoms with Gasteiger partial charge in [-0.2, -0.15) is 0 Å². The van der Waals surface area contributed by atoms with Crippen LogP contribution in [0.1, 0.15) is 27.2 Å². The summed E-state index contributed by atoms with van der Waals surface area (Å²) in [6, 6.07) is 7.16. The van der Waals surface area contributed by atoms with E-state index in [0.29, 0.717) is 11.4 Å². The zero-order valence-corrected chi connectivity index (χ0v) is 10.3. The van der Waals surface area contributed by atoms with Crippen molar-refractivity contribution in [1.82, 2.24) is 0 Å². The Morgan fingerprint density at radius 3 is 2.53 bits per heavy atom. The van der Waals surface area contributed by atoms with Crippen LogP contribution in [-0.4, -0.2) is 17.8 Å². The van der Waals surface area contributed by atoms with Gasteiger partial charge in [0.2, 0.25) is 5.91 Å². The highest BCUT2D eigenvalue weighted by atomic mass is 16.5. The second-order valence-corrected chi connectivity index (χ2v) is 4.09. The number of hydrogen-bond acceptors (Lipinski definition) is 3. The van der Waals surface area contributed by atoms with Gasteiger partial charge in [0.1, 0.15) is 11.5 Å². The first kappa shape index (κ1) is 13.2. The lowest BCUT2D eigenvalue weighted by Gasteiger charge is -2.14. The van der Waals surface area contributed by atoms with E-state index in [2.05, 4.69) is 5.32 Å². The molecule has 1 aromatic rings. The Labute approximate surface area is 101 Å². The van der Waals surface area contributed by atoms with Crippen LogP contribution in [0.5, 0.6) is 5.75 Å². The van der Waals surface area contributed by atoms with E-state index in [1.807, 2.05) is 19.9 Å². The molecule has 1 N–H and O–H groups in total. The molecule has 1 aromatic carbocycles. The largest absolute Gasteiger partial charge is 0.489 e. The number of benzene rings is 1. The van der Waals surface area contributed by atoms with Crippen LogP contribution >= 0.6 is 0 Å². The average molecular weight is 235 g/mol. The molecule has 4 nitrogen and oxygen atoms in total. The molecule has 4 heteroatoms. The van der Waals surface area contributed by atoms with Gasteiger partial charge >= 0.3 is 0 Å². The number of amides is 1. The molecule has 0 bridgehead atoms. The van der Waals surface area contributed by atoms with Gasteiger partial charge in [0, 0.05) is 0 Å². The normalized spacial score (nSPS) is 10.1. The SMILES string of the molecule is CC(=O)CC(=O)Nc1ccccc1OC(C)C. The molecule has 92 valence electrons. The number of carbonyl (C=O) groups excluding carboxylic acids is 2. The van der Waals surface area contributed by atoms with Crippen molar-refractivity contribution in [3.8, 4) is 5.75 Å². The number of rotatable bonds is 5. The van der Waals surface area contributed by atoms with E-state index in [9.17, 15) is 9.59 Å². The van der Waals surface area contributed by atoms with E-state index in [0.717, 1.165) is 0 Å². The highest BCUT2D eigenvalue weighted by molar-refractivity contribution is 6.04. The molecular formula is C13H17NO3. The van der Waals surface area contributed by atoms with Crippen molar-refractivity contribution in [2.75, 3.05) is 5.32 Å². The molecule has 0 atom stereocenters. The summed E-state index contributed by atoms with van der Waals surface area (Å²) in [5, 5.41) is 2.66. The fourth-order valence-corrected chi connectivity index (χ4v) is 1.35. The van der Waals surface area contributed by atoms with Gasteiger partial charge in [-0.1, -0.05) is 12.1 Å². The van der Waals surface area contributed by atoms with Gasteiger partial charge in [0.25, 0.3) is 0 Å². The second-order valence-electron chi connectivity index (χ2n) is 4.09. The number of carbonyl (C=O) groups is 2. The molecule has 0 aliphatic carbocycles. The van der Waals surface area contributed by atoms with E-state index in [4.69, 9.17) is 4.74 Å². The smallest absolute Gasteiger partial charge is 0.231 e. The zero-order chi connectivity index (χ0) is 12.8. The monoisotopic (exact) mass is 235 g/mol. The molecule has 0 fully saturated rings. The van der Waals surface area contributed by atoms with Crippen molar-refractivity contribution in [2.45, 2.75) is 33.3 Å². The predicted molar refractivity (Wildman–Crippen MR) is 66.1 cm³/mol. The lowest BCUT2D eigenvalue weighted by Crippen LogP contribution is -2.16. The fourth-order valence-electron chi connectivity index (χ4n) is 1.35. The topological polar surface area (TPSA) is 55.4 Å². The molecule has 0 saturated carbocycles. The Balaban J connectivity index is 2.76. The van der Waals surface area contributed by atoms with Gasteiger partial charge in [-0.05, 0) is 32.9 Å². The Morgan fingerprint density at radius 2 is 1.94 bits per heavy atom. The minimum Gasteiger partial charge on any atom is -0.489 e. The molecule has 17 heavy (non-hydrogen) atoms.